The van der Waals surface area contributed by atoms with Gasteiger partial charge in [-0.25, -0.2) is 0 Å². The Kier molecular flexibility index (Phi) is 6.32. The zero-order chi connectivity index (χ0) is 21.8. The second kappa shape index (κ2) is 9.31. The van der Waals surface area contributed by atoms with E-state index < -0.39 is 6.04 Å². The number of aryl methyl sites for hydroxylation is 1. The number of likely N-dealkylation sites (tertiary alicyclic amines) is 1. The Labute approximate surface area is 185 Å². The molecule has 2 heterocycles. The molecule has 0 unspecified atom stereocenters. The van der Waals surface area contributed by atoms with E-state index in [0.717, 1.165) is 12.0 Å². The summed E-state index contributed by atoms with van der Waals surface area (Å²) in [6.07, 6.45) is 1.99. The topological polar surface area (TPSA) is 85.5 Å². The number of ketones is 1. The van der Waals surface area contributed by atoms with Crippen LogP contribution in [0.15, 0.2) is 53.1 Å². The molecule has 31 heavy (non-hydrogen) atoms. The van der Waals surface area contributed by atoms with Crippen molar-refractivity contribution >= 4 is 23.3 Å². The summed E-state index contributed by atoms with van der Waals surface area (Å²) in [7, 11) is 1.58. The number of methoxy groups -OCH3 is 1. The molecule has 1 saturated heterocycles. The SMILES string of the molecule is COc1ccc(C(=O)[C@H]2CCCN2C(=O)CCc2nc(-c3ccc(Cl)cc3)no2)cc1. The van der Waals surface area contributed by atoms with Crippen LogP contribution in [0, 0.1) is 0 Å². The van der Waals surface area contributed by atoms with Gasteiger partial charge in [-0.15, -0.1) is 0 Å². The molecule has 3 aromatic rings. The van der Waals surface area contributed by atoms with Crippen molar-refractivity contribution in [1.82, 2.24) is 15.0 Å². The van der Waals surface area contributed by atoms with Crippen molar-refractivity contribution in [3.63, 3.8) is 0 Å². The molecule has 1 fully saturated rings. The number of carbonyl (C=O) groups excluding carboxylic acids is 2. The third-order valence-corrected chi connectivity index (χ3v) is 5.63. The van der Waals surface area contributed by atoms with E-state index in [1.165, 1.54) is 0 Å². The fourth-order valence-electron chi connectivity index (χ4n) is 3.72. The fraction of sp³-hybridized carbons (Fsp3) is 0.304. The maximum Gasteiger partial charge on any atom is 0.227 e. The van der Waals surface area contributed by atoms with Gasteiger partial charge >= 0.3 is 0 Å². The number of nitrogens with zero attached hydrogens (tertiary/aromatic N) is 3. The van der Waals surface area contributed by atoms with Crippen LogP contribution < -0.4 is 4.74 Å². The second-order valence-corrected chi connectivity index (χ2v) is 7.79. The fourth-order valence-corrected chi connectivity index (χ4v) is 3.84. The van der Waals surface area contributed by atoms with Gasteiger partial charge in [0, 0.05) is 35.5 Å². The van der Waals surface area contributed by atoms with E-state index in [4.69, 9.17) is 20.9 Å². The van der Waals surface area contributed by atoms with Crippen LogP contribution in [0.25, 0.3) is 11.4 Å². The van der Waals surface area contributed by atoms with E-state index in [9.17, 15) is 9.59 Å². The summed E-state index contributed by atoms with van der Waals surface area (Å²) in [5.41, 5.74) is 1.37. The van der Waals surface area contributed by atoms with E-state index in [-0.39, 0.29) is 18.1 Å². The number of amides is 1. The third-order valence-electron chi connectivity index (χ3n) is 5.37. The van der Waals surface area contributed by atoms with Crippen LogP contribution in [0.1, 0.15) is 35.5 Å². The quantitative estimate of drug-likeness (QED) is 0.513. The summed E-state index contributed by atoms with van der Waals surface area (Å²) in [6, 6.07) is 13.7. The predicted molar refractivity (Wildman–Crippen MR) is 115 cm³/mol. The summed E-state index contributed by atoms with van der Waals surface area (Å²) in [6.45, 7) is 0.575. The smallest absolute Gasteiger partial charge is 0.227 e. The lowest BCUT2D eigenvalue weighted by Gasteiger charge is -2.23. The number of rotatable bonds is 7. The number of halogens is 1. The average molecular weight is 440 g/mol. The molecule has 1 aromatic heterocycles. The zero-order valence-corrected chi connectivity index (χ0v) is 17.8. The van der Waals surface area contributed by atoms with E-state index in [2.05, 4.69) is 10.1 Å². The van der Waals surface area contributed by atoms with Gasteiger partial charge in [0.05, 0.1) is 13.2 Å². The molecule has 0 bridgehead atoms. The van der Waals surface area contributed by atoms with E-state index in [1.807, 2.05) is 12.1 Å². The average Bonchev–Trinajstić information content (AvgIpc) is 3.47. The minimum Gasteiger partial charge on any atom is -0.497 e. The van der Waals surface area contributed by atoms with Gasteiger partial charge in [0.15, 0.2) is 5.78 Å². The van der Waals surface area contributed by atoms with E-state index >= 15 is 0 Å². The van der Waals surface area contributed by atoms with Gasteiger partial charge in [-0.05, 0) is 61.4 Å². The molecule has 2 aromatic carbocycles. The van der Waals surface area contributed by atoms with Crippen molar-refractivity contribution in [3.8, 4) is 17.1 Å². The maximum atomic E-state index is 12.9. The summed E-state index contributed by atoms with van der Waals surface area (Å²) < 4.78 is 10.4. The van der Waals surface area contributed by atoms with Crippen molar-refractivity contribution in [2.24, 2.45) is 0 Å². The van der Waals surface area contributed by atoms with E-state index in [0.29, 0.717) is 47.4 Å². The van der Waals surface area contributed by atoms with Crippen molar-refractivity contribution in [1.29, 1.82) is 0 Å². The Morgan fingerprint density at radius 1 is 1.16 bits per heavy atom. The third kappa shape index (κ3) is 4.77. The highest BCUT2D eigenvalue weighted by atomic mass is 35.5. The molecule has 1 amide bonds. The van der Waals surface area contributed by atoms with Crippen molar-refractivity contribution < 1.29 is 18.8 Å². The number of aromatic nitrogens is 2. The standard InChI is InChI=1S/C23H22ClN3O4/c1-30-18-10-6-15(7-11-18)22(29)19-3-2-14-27(19)21(28)13-12-20-25-23(26-31-20)16-4-8-17(24)9-5-16/h4-11,19H,2-3,12-14H2,1H3/t19-/m1/s1. The summed E-state index contributed by atoms with van der Waals surface area (Å²) in [4.78, 5) is 31.8. The van der Waals surface area contributed by atoms with Crippen LogP contribution in [0.2, 0.25) is 5.02 Å². The van der Waals surface area contributed by atoms with Gasteiger partial charge in [0.2, 0.25) is 17.6 Å². The second-order valence-electron chi connectivity index (χ2n) is 7.36. The highest BCUT2D eigenvalue weighted by Gasteiger charge is 2.34. The molecule has 0 saturated carbocycles. The van der Waals surface area contributed by atoms with E-state index in [1.54, 1.807) is 48.4 Å². The van der Waals surface area contributed by atoms with Gasteiger partial charge in [0.25, 0.3) is 0 Å². The van der Waals surface area contributed by atoms with Gasteiger partial charge < -0.3 is 14.2 Å². The number of Topliss-reactive ketones (excluding diaryl/α,β-unsaturated/α-hetero) is 1. The molecule has 1 aliphatic rings. The number of hydrogen-bond acceptors (Lipinski definition) is 6. The van der Waals surface area contributed by atoms with Crippen LogP contribution in [-0.2, 0) is 11.2 Å². The number of hydrogen-bond donors (Lipinski definition) is 0. The molecule has 7 nitrogen and oxygen atoms in total. The lowest BCUT2D eigenvalue weighted by molar-refractivity contribution is -0.131. The Morgan fingerprint density at radius 2 is 1.90 bits per heavy atom. The minimum atomic E-state index is -0.437. The minimum absolute atomic E-state index is 0.0451. The summed E-state index contributed by atoms with van der Waals surface area (Å²) >= 11 is 5.90. The zero-order valence-electron chi connectivity index (χ0n) is 17.1. The Hall–Kier alpha value is -3.19. The first-order valence-electron chi connectivity index (χ1n) is 10.1. The predicted octanol–water partition coefficient (Wildman–Crippen LogP) is 4.21. The Morgan fingerprint density at radius 3 is 2.61 bits per heavy atom. The Bertz CT molecular complexity index is 1060. The van der Waals surface area contributed by atoms with Crippen molar-refractivity contribution in [2.45, 2.75) is 31.7 Å². The lowest BCUT2D eigenvalue weighted by Crippen LogP contribution is -2.40. The van der Waals surface area contributed by atoms with Crippen LogP contribution in [0.5, 0.6) is 5.75 Å². The number of benzene rings is 2. The van der Waals surface area contributed by atoms with Gasteiger partial charge in [0.1, 0.15) is 5.75 Å². The molecular weight excluding hydrogens is 418 g/mol. The summed E-state index contributed by atoms with van der Waals surface area (Å²) in [5.74, 6) is 1.39. The van der Waals surface area contributed by atoms with Gasteiger partial charge in [-0.1, -0.05) is 16.8 Å². The molecule has 8 heteroatoms. The van der Waals surface area contributed by atoms with Crippen LogP contribution in [0.3, 0.4) is 0 Å². The summed E-state index contributed by atoms with van der Waals surface area (Å²) in [5, 5.41) is 4.60. The molecule has 0 radical (unpaired) electrons. The Balaban J connectivity index is 1.37. The van der Waals surface area contributed by atoms with Crippen molar-refractivity contribution in [2.75, 3.05) is 13.7 Å². The number of ether oxygens (including phenoxy) is 1. The van der Waals surface area contributed by atoms with Crippen molar-refractivity contribution in [3.05, 3.63) is 65.0 Å². The molecule has 1 atom stereocenters. The first kappa shape index (κ1) is 21.1. The number of carbonyl (C=O) groups is 2. The van der Waals surface area contributed by atoms with Gasteiger partial charge in [-0.2, -0.15) is 4.98 Å². The highest BCUT2D eigenvalue weighted by molar-refractivity contribution is 6.30. The lowest BCUT2D eigenvalue weighted by atomic mass is 10.0. The highest BCUT2D eigenvalue weighted by Crippen LogP contribution is 2.24. The van der Waals surface area contributed by atoms with Gasteiger partial charge in [-0.3, -0.25) is 9.59 Å². The van der Waals surface area contributed by atoms with Crippen LogP contribution >= 0.6 is 11.6 Å². The molecule has 0 aliphatic carbocycles. The monoisotopic (exact) mass is 439 g/mol. The first-order valence-corrected chi connectivity index (χ1v) is 10.5. The van der Waals surface area contributed by atoms with Crippen LogP contribution in [-0.4, -0.2) is 46.4 Å². The molecular formula is C23H22ClN3O4. The van der Waals surface area contributed by atoms with Crippen LogP contribution in [0.4, 0.5) is 0 Å². The first-order chi connectivity index (χ1) is 15.0. The maximum absolute atomic E-state index is 12.9. The molecule has 0 N–H and O–H groups in total. The molecule has 160 valence electrons. The molecule has 4 rings (SSSR count). The largest absolute Gasteiger partial charge is 0.497 e. The molecule has 0 spiro atoms. The normalized spacial score (nSPS) is 15.8. The molecule has 1 aliphatic heterocycles.